The zero-order valence-corrected chi connectivity index (χ0v) is 15.7. The Labute approximate surface area is 154 Å². The van der Waals surface area contributed by atoms with Gasteiger partial charge in [-0.2, -0.15) is 4.98 Å². The zero-order valence-electron chi connectivity index (χ0n) is 14.9. The number of nitrogens with two attached hydrogens (primary N) is 1. The van der Waals surface area contributed by atoms with E-state index in [0.717, 1.165) is 19.4 Å². The Hall–Kier alpha value is -1.92. The van der Waals surface area contributed by atoms with E-state index in [2.05, 4.69) is 10.1 Å². The minimum atomic E-state index is -0.208. The summed E-state index contributed by atoms with van der Waals surface area (Å²) in [5.41, 5.74) is 7.05. The molecule has 1 amide bonds. The average molecular weight is 365 g/mol. The number of hydrogen-bond acceptors (Lipinski definition) is 5. The second-order valence-corrected chi connectivity index (χ2v) is 7.37. The number of carbonyl (C=O) groups is 1. The van der Waals surface area contributed by atoms with E-state index < -0.39 is 0 Å². The first-order chi connectivity index (χ1) is 11.4. The van der Waals surface area contributed by atoms with Gasteiger partial charge in [0.05, 0.1) is 11.1 Å². The molecule has 0 bridgehead atoms. The first kappa shape index (κ1) is 19.4. The van der Waals surface area contributed by atoms with Crippen LogP contribution in [-0.4, -0.2) is 40.1 Å². The number of carbonyl (C=O) groups excluding carboxylic acids is 1. The van der Waals surface area contributed by atoms with Gasteiger partial charge in [0.15, 0.2) is 5.82 Å². The third-order valence-electron chi connectivity index (χ3n) is 4.23. The third-order valence-corrected chi connectivity index (χ3v) is 4.23. The van der Waals surface area contributed by atoms with Gasteiger partial charge >= 0.3 is 0 Å². The number of rotatable bonds is 2. The summed E-state index contributed by atoms with van der Waals surface area (Å²) in [5.74, 6) is 0.973. The molecule has 2 N–H and O–H groups in total. The van der Waals surface area contributed by atoms with Crippen molar-refractivity contribution < 1.29 is 9.32 Å². The Bertz CT molecular complexity index is 739. The third kappa shape index (κ3) is 4.19. The van der Waals surface area contributed by atoms with E-state index in [1.165, 1.54) is 0 Å². The fourth-order valence-corrected chi connectivity index (χ4v) is 2.86. The molecule has 3 rings (SSSR count). The van der Waals surface area contributed by atoms with Gasteiger partial charge in [0.1, 0.15) is 0 Å². The molecule has 0 spiro atoms. The molecule has 25 heavy (non-hydrogen) atoms. The zero-order chi connectivity index (χ0) is 17.3. The summed E-state index contributed by atoms with van der Waals surface area (Å²) in [7, 11) is 0. The number of likely N-dealkylation sites (tertiary alicyclic amines) is 1. The van der Waals surface area contributed by atoms with Gasteiger partial charge < -0.3 is 15.2 Å². The number of aromatic nitrogens is 2. The van der Waals surface area contributed by atoms with Crippen molar-refractivity contribution in [3.05, 3.63) is 35.7 Å². The number of benzene rings is 1. The molecular weight excluding hydrogens is 340 g/mol. The van der Waals surface area contributed by atoms with Gasteiger partial charge in [-0.3, -0.25) is 4.79 Å². The Morgan fingerprint density at radius 2 is 2.04 bits per heavy atom. The summed E-state index contributed by atoms with van der Waals surface area (Å²) in [6.07, 6.45) is 1.90. The molecule has 1 aromatic carbocycles. The maximum absolute atomic E-state index is 12.9. The van der Waals surface area contributed by atoms with Gasteiger partial charge in [0.2, 0.25) is 0 Å². The van der Waals surface area contributed by atoms with E-state index in [-0.39, 0.29) is 29.8 Å². The Morgan fingerprint density at radius 1 is 1.32 bits per heavy atom. The molecule has 1 aliphatic rings. The van der Waals surface area contributed by atoms with Crippen molar-refractivity contribution in [3.63, 3.8) is 0 Å². The molecule has 1 unspecified atom stereocenters. The summed E-state index contributed by atoms with van der Waals surface area (Å²) in [6.45, 7) is 7.39. The number of piperidine rings is 1. The largest absolute Gasteiger partial charge is 0.337 e. The van der Waals surface area contributed by atoms with Crippen molar-refractivity contribution in [2.24, 2.45) is 5.73 Å². The number of hydrogen-bond donors (Lipinski definition) is 1. The first-order valence-electron chi connectivity index (χ1n) is 8.34. The van der Waals surface area contributed by atoms with Crippen LogP contribution in [0.25, 0.3) is 11.5 Å². The fraction of sp³-hybridized carbons (Fsp3) is 0.500. The van der Waals surface area contributed by atoms with Gasteiger partial charge in [0, 0.05) is 24.5 Å². The Kier molecular flexibility index (Phi) is 5.85. The quantitative estimate of drug-likeness (QED) is 0.885. The second kappa shape index (κ2) is 7.54. The highest BCUT2D eigenvalue weighted by Gasteiger charge is 2.27. The molecule has 0 saturated carbocycles. The second-order valence-electron chi connectivity index (χ2n) is 7.37. The van der Waals surface area contributed by atoms with E-state index in [9.17, 15) is 4.79 Å². The van der Waals surface area contributed by atoms with Crippen LogP contribution in [-0.2, 0) is 5.41 Å². The standard InChI is InChI=1S/C18H24N4O2.ClH/c1-18(2,3)17-20-15(24-21-17)13-8-4-5-9-14(13)16(23)22-10-6-7-12(19)11-22;/h4-5,8-9,12H,6-7,10-11,19H2,1-3H3;1H. The van der Waals surface area contributed by atoms with Gasteiger partial charge in [-0.1, -0.05) is 38.1 Å². The van der Waals surface area contributed by atoms with Crippen LogP contribution >= 0.6 is 12.4 Å². The predicted octanol–water partition coefficient (Wildman–Crippen LogP) is 3.02. The first-order valence-corrected chi connectivity index (χ1v) is 8.34. The molecule has 1 aromatic heterocycles. The van der Waals surface area contributed by atoms with Gasteiger partial charge in [-0.15, -0.1) is 12.4 Å². The molecule has 1 atom stereocenters. The van der Waals surface area contributed by atoms with Crippen molar-refractivity contribution in [1.29, 1.82) is 0 Å². The summed E-state index contributed by atoms with van der Waals surface area (Å²) in [5, 5.41) is 4.06. The van der Waals surface area contributed by atoms with Crippen LogP contribution in [0.5, 0.6) is 0 Å². The molecule has 6 nitrogen and oxygen atoms in total. The van der Waals surface area contributed by atoms with Crippen LogP contribution in [0.15, 0.2) is 28.8 Å². The predicted molar refractivity (Wildman–Crippen MR) is 98.8 cm³/mol. The molecule has 1 aliphatic heterocycles. The molecule has 1 fully saturated rings. The summed E-state index contributed by atoms with van der Waals surface area (Å²) < 4.78 is 5.42. The van der Waals surface area contributed by atoms with Crippen LogP contribution in [0.3, 0.4) is 0 Å². The van der Waals surface area contributed by atoms with E-state index in [1.807, 2.05) is 43.9 Å². The lowest BCUT2D eigenvalue weighted by atomic mass is 9.96. The van der Waals surface area contributed by atoms with E-state index in [1.54, 1.807) is 6.07 Å². The highest BCUT2D eigenvalue weighted by atomic mass is 35.5. The lowest BCUT2D eigenvalue weighted by molar-refractivity contribution is 0.0709. The minimum Gasteiger partial charge on any atom is -0.337 e. The maximum atomic E-state index is 12.9. The molecule has 7 heteroatoms. The molecule has 0 radical (unpaired) electrons. The van der Waals surface area contributed by atoms with Crippen LogP contribution < -0.4 is 5.73 Å². The SMILES string of the molecule is CC(C)(C)c1noc(-c2ccccc2C(=O)N2CCCC(N)C2)n1.Cl. The van der Waals surface area contributed by atoms with E-state index in [0.29, 0.717) is 29.4 Å². The summed E-state index contributed by atoms with van der Waals surface area (Å²) in [6, 6.07) is 7.41. The van der Waals surface area contributed by atoms with E-state index >= 15 is 0 Å². The minimum absolute atomic E-state index is 0. The van der Waals surface area contributed by atoms with Crippen molar-refractivity contribution in [2.75, 3.05) is 13.1 Å². The Morgan fingerprint density at radius 3 is 2.68 bits per heavy atom. The smallest absolute Gasteiger partial charge is 0.258 e. The van der Waals surface area contributed by atoms with Crippen molar-refractivity contribution in [1.82, 2.24) is 15.0 Å². The molecule has 1 saturated heterocycles. The molecular formula is C18H25ClN4O2. The van der Waals surface area contributed by atoms with Crippen molar-refractivity contribution in [3.8, 4) is 11.5 Å². The van der Waals surface area contributed by atoms with Crippen LogP contribution in [0.1, 0.15) is 49.8 Å². The lowest BCUT2D eigenvalue weighted by Crippen LogP contribution is -2.45. The summed E-state index contributed by atoms with van der Waals surface area (Å²) >= 11 is 0. The van der Waals surface area contributed by atoms with Gasteiger partial charge in [-0.05, 0) is 25.0 Å². The maximum Gasteiger partial charge on any atom is 0.258 e. The van der Waals surface area contributed by atoms with Crippen LogP contribution in [0, 0.1) is 0 Å². The molecule has 2 heterocycles. The highest BCUT2D eigenvalue weighted by Crippen LogP contribution is 2.27. The molecule has 0 aliphatic carbocycles. The topological polar surface area (TPSA) is 85.2 Å². The fourth-order valence-electron chi connectivity index (χ4n) is 2.86. The normalized spacial score (nSPS) is 17.9. The number of amides is 1. The van der Waals surface area contributed by atoms with Crippen molar-refractivity contribution >= 4 is 18.3 Å². The number of nitrogens with zero attached hydrogens (tertiary/aromatic N) is 3. The molecule has 136 valence electrons. The lowest BCUT2D eigenvalue weighted by Gasteiger charge is -2.31. The highest BCUT2D eigenvalue weighted by molar-refractivity contribution is 6.00. The monoisotopic (exact) mass is 364 g/mol. The molecule has 2 aromatic rings. The van der Waals surface area contributed by atoms with E-state index in [4.69, 9.17) is 10.3 Å². The average Bonchev–Trinajstić information content (AvgIpc) is 3.04. The summed E-state index contributed by atoms with van der Waals surface area (Å²) in [4.78, 5) is 19.2. The van der Waals surface area contributed by atoms with Gasteiger partial charge in [-0.25, -0.2) is 0 Å². The Balaban J connectivity index is 0.00000225. The van der Waals surface area contributed by atoms with Crippen LogP contribution in [0.4, 0.5) is 0 Å². The van der Waals surface area contributed by atoms with Gasteiger partial charge in [0.25, 0.3) is 11.8 Å². The van der Waals surface area contributed by atoms with Crippen LogP contribution in [0.2, 0.25) is 0 Å². The number of halogens is 1. The van der Waals surface area contributed by atoms with Crippen molar-refractivity contribution in [2.45, 2.75) is 45.1 Å².